The van der Waals surface area contributed by atoms with Crippen LogP contribution in [0.3, 0.4) is 0 Å². The van der Waals surface area contributed by atoms with Crippen LogP contribution < -0.4 is 5.32 Å². The molecule has 7 atom stereocenters. The summed E-state index contributed by atoms with van der Waals surface area (Å²) in [4.78, 5) is 31.6. The predicted molar refractivity (Wildman–Crippen MR) is 121 cm³/mol. The van der Waals surface area contributed by atoms with Crippen LogP contribution in [0.25, 0.3) is 0 Å². The van der Waals surface area contributed by atoms with Gasteiger partial charge in [0.2, 0.25) is 0 Å². The molecule has 2 aliphatic carbocycles. The maximum Gasteiger partial charge on any atom is 0.340 e. The second-order valence-electron chi connectivity index (χ2n) is 10.5. The number of piperazine rings is 1. The molecule has 2 saturated heterocycles. The number of carboxylic acids is 1. The highest BCUT2D eigenvalue weighted by Gasteiger charge is 2.58. The average molecular weight is 465 g/mol. The smallest absolute Gasteiger partial charge is 0.340 e. The highest BCUT2D eigenvalue weighted by molar-refractivity contribution is 6.18. The maximum atomic E-state index is 15.5. The molecule has 0 amide bonds. The lowest BCUT2D eigenvalue weighted by Gasteiger charge is -2.59. The molecule has 33 heavy (non-hydrogen) atoms. The van der Waals surface area contributed by atoms with Gasteiger partial charge in [0.15, 0.2) is 5.78 Å². The van der Waals surface area contributed by atoms with Crippen molar-refractivity contribution in [2.24, 2.45) is 5.92 Å². The summed E-state index contributed by atoms with van der Waals surface area (Å²) in [7, 11) is 2.14. The highest BCUT2D eigenvalue weighted by Crippen LogP contribution is 2.45. The second-order valence-corrected chi connectivity index (χ2v) is 10.5. The molecule has 0 aromatic carbocycles. The van der Waals surface area contributed by atoms with Crippen molar-refractivity contribution < 1.29 is 23.8 Å². The van der Waals surface area contributed by atoms with Crippen LogP contribution in [0, 0.1) is 5.92 Å². The van der Waals surface area contributed by atoms with Gasteiger partial charge in [-0.15, -0.1) is 0 Å². The Kier molecular flexibility index (Phi) is 6.75. The van der Waals surface area contributed by atoms with Crippen LogP contribution in [-0.4, -0.2) is 114 Å². The fourth-order valence-electron chi connectivity index (χ4n) is 6.62. The van der Waals surface area contributed by atoms with Crippen LogP contribution >= 0.6 is 0 Å². The Morgan fingerprint density at radius 1 is 1.24 bits per heavy atom. The average Bonchev–Trinajstić information content (AvgIpc) is 2.80. The van der Waals surface area contributed by atoms with E-state index < -0.39 is 36.0 Å². The lowest BCUT2D eigenvalue weighted by Crippen LogP contribution is -2.72. The second kappa shape index (κ2) is 9.60. The number of rotatable bonds is 6. The standard InChI is InChI=1S/C24H37FN4O4/c1-27-9-11-28(12-10-27)8-4-7-26-20-17(25)13-15-21-23(20)33-19-6-3-2-5-18(19)29(21)14-16(22(15)30)24(31)32/h14-15,17-21,23,26H,2-13H2,1H3,(H,31,32). The minimum Gasteiger partial charge on any atom is -0.478 e. The van der Waals surface area contributed by atoms with E-state index in [0.29, 0.717) is 6.54 Å². The molecule has 3 heterocycles. The zero-order valence-corrected chi connectivity index (χ0v) is 19.5. The largest absolute Gasteiger partial charge is 0.478 e. The first kappa shape index (κ1) is 23.2. The maximum absolute atomic E-state index is 15.5. The van der Waals surface area contributed by atoms with Gasteiger partial charge in [-0.2, -0.15) is 0 Å². The van der Waals surface area contributed by atoms with Crippen molar-refractivity contribution in [3.63, 3.8) is 0 Å². The Hall–Kier alpha value is -1.55. The van der Waals surface area contributed by atoms with E-state index in [1.165, 1.54) is 0 Å². The quantitative estimate of drug-likeness (QED) is 0.443. The third-order valence-corrected chi connectivity index (χ3v) is 8.44. The minimum absolute atomic E-state index is 0.0416. The van der Waals surface area contributed by atoms with Crippen molar-refractivity contribution in [3.8, 4) is 0 Å². The van der Waals surface area contributed by atoms with E-state index in [-0.39, 0.29) is 30.2 Å². The Morgan fingerprint density at radius 2 is 2.00 bits per heavy atom. The predicted octanol–water partition coefficient (Wildman–Crippen LogP) is 0.872. The molecule has 0 radical (unpaired) electrons. The Labute approximate surface area is 195 Å². The summed E-state index contributed by atoms with van der Waals surface area (Å²) in [6, 6.07) is -0.697. The van der Waals surface area contributed by atoms with E-state index >= 15 is 4.39 Å². The molecule has 4 fully saturated rings. The number of alkyl halides is 1. The van der Waals surface area contributed by atoms with Gasteiger partial charge in [-0.1, -0.05) is 12.8 Å². The fraction of sp³-hybridized carbons (Fsp3) is 0.833. The number of ether oxygens (including phenoxy) is 1. The van der Waals surface area contributed by atoms with E-state index in [9.17, 15) is 14.7 Å². The number of carbonyl (C=O) groups is 2. The molecule has 0 aromatic rings. The first-order valence-corrected chi connectivity index (χ1v) is 12.6. The van der Waals surface area contributed by atoms with Gasteiger partial charge >= 0.3 is 5.97 Å². The molecular formula is C24H37FN4O4. The monoisotopic (exact) mass is 464 g/mol. The molecule has 0 aromatic heterocycles. The lowest BCUT2D eigenvalue weighted by molar-refractivity contribution is -0.197. The summed E-state index contributed by atoms with van der Waals surface area (Å²) >= 11 is 0. The van der Waals surface area contributed by atoms with Crippen molar-refractivity contribution in [3.05, 3.63) is 11.8 Å². The number of likely N-dealkylation sites (N-methyl/N-ethyl adjacent to an activating group) is 1. The normalized spacial score (nSPS) is 39.6. The van der Waals surface area contributed by atoms with E-state index in [0.717, 1.165) is 64.8 Å². The zero-order valence-electron chi connectivity index (χ0n) is 19.5. The molecule has 184 valence electrons. The molecule has 2 N–H and O–H groups in total. The number of aliphatic carboxylic acids is 1. The molecule has 0 bridgehead atoms. The summed E-state index contributed by atoms with van der Waals surface area (Å²) in [6.45, 7) is 5.99. The number of hydrogen-bond acceptors (Lipinski definition) is 7. The topological polar surface area (TPSA) is 85.3 Å². The number of carboxylic acid groups (broad SMARTS) is 1. The zero-order chi connectivity index (χ0) is 23.1. The number of nitrogens with one attached hydrogen (secondary N) is 1. The molecule has 3 aliphatic heterocycles. The van der Waals surface area contributed by atoms with E-state index in [2.05, 4.69) is 27.1 Å². The molecule has 0 spiro atoms. The van der Waals surface area contributed by atoms with Crippen molar-refractivity contribution in [1.29, 1.82) is 0 Å². The van der Waals surface area contributed by atoms with Gasteiger partial charge in [0.05, 0.1) is 30.3 Å². The van der Waals surface area contributed by atoms with Crippen molar-refractivity contribution in [1.82, 2.24) is 20.0 Å². The Bertz CT molecular complexity index is 786. The van der Waals surface area contributed by atoms with Crippen molar-refractivity contribution >= 4 is 11.8 Å². The van der Waals surface area contributed by atoms with Gasteiger partial charge in [0.1, 0.15) is 11.7 Å². The molecule has 2 saturated carbocycles. The fourth-order valence-corrected chi connectivity index (χ4v) is 6.62. The highest BCUT2D eigenvalue weighted by atomic mass is 19.1. The van der Waals surface area contributed by atoms with E-state index in [4.69, 9.17) is 4.74 Å². The number of hydrogen-bond donors (Lipinski definition) is 2. The molecular weight excluding hydrogens is 427 g/mol. The Balaban J connectivity index is 1.29. The number of Topliss-reactive ketones (excluding diaryl/α,β-unsaturated/α-hetero) is 1. The number of halogens is 1. The first-order chi connectivity index (χ1) is 15.9. The molecule has 8 nitrogen and oxygen atoms in total. The van der Waals surface area contributed by atoms with Crippen LogP contribution in [0.1, 0.15) is 38.5 Å². The minimum atomic E-state index is -1.24. The van der Waals surface area contributed by atoms with Gasteiger partial charge < -0.3 is 29.9 Å². The summed E-state index contributed by atoms with van der Waals surface area (Å²) in [5.41, 5.74) is -0.202. The van der Waals surface area contributed by atoms with Crippen LogP contribution in [0.15, 0.2) is 11.8 Å². The van der Waals surface area contributed by atoms with Crippen molar-refractivity contribution in [2.75, 3.05) is 46.3 Å². The number of carbonyl (C=O) groups excluding carboxylic acids is 1. The van der Waals surface area contributed by atoms with Crippen LogP contribution in [0.5, 0.6) is 0 Å². The SMILES string of the molecule is CN1CCN(CCCNC2C(F)CC3C(=O)C(C(=O)O)=CN4C5CCCCC5OC2C34)CC1. The number of ketones is 1. The Morgan fingerprint density at radius 3 is 2.76 bits per heavy atom. The molecule has 5 aliphatic rings. The van der Waals surface area contributed by atoms with Gasteiger partial charge in [-0.3, -0.25) is 4.79 Å². The third-order valence-electron chi connectivity index (χ3n) is 8.44. The first-order valence-electron chi connectivity index (χ1n) is 12.6. The number of fused-ring (bicyclic) bond motifs is 2. The van der Waals surface area contributed by atoms with Gasteiger partial charge in [-0.25, -0.2) is 9.18 Å². The summed E-state index contributed by atoms with van der Waals surface area (Å²) in [6.07, 6.45) is 4.75. The van der Waals surface area contributed by atoms with E-state index in [1.807, 2.05) is 0 Å². The van der Waals surface area contributed by atoms with Crippen LogP contribution in [-0.2, 0) is 14.3 Å². The van der Waals surface area contributed by atoms with Gasteiger partial charge in [-0.05, 0) is 45.8 Å². The summed E-state index contributed by atoms with van der Waals surface area (Å²) in [5, 5.41) is 13.1. The van der Waals surface area contributed by atoms with Crippen LogP contribution in [0.2, 0.25) is 0 Å². The van der Waals surface area contributed by atoms with Gasteiger partial charge in [0, 0.05) is 38.3 Å². The molecule has 5 rings (SSSR count). The number of nitrogens with zero attached hydrogens (tertiary/aromatic N) is 3. The van der Waals surface area contributed by atoms with Crippen LogP contribution in [0.4, 0.5) is 4.39 Å². The molecule has 9 heteroatoms. The molecule has 7 unspecified atom stereocenters. The third kappa shape index (κ3) is 4.45. The van der Waals surface area contributed by atoms with Gasteiger partial charge in [0.25, 0.3) is 0 Å². The van der Waals surface area contributed by atoms with E-state index in [1.54, 1.807) is 6.20 Å². The van der Waals surface area contributed by atoms with Crippen molar-refractivity contribution in [2.45, 2.75) is 75.0 Å². The summed E-state index contributed by atoms with van der Waals surface area (Å²) < 4.78 is 22.0. The number of morpholine rings is 1. The lowest BCUT2D eigenvalue weighted by atomic mass is 9.70. The summed E-state index contributed by atoms with van der Waals surface area (Å²) in [5.74, 6) is -2.32.